The first-order valence-corrected chi connectivity index (χ1v) is 8.40. The van der Waals surface area contributed by atoms with Crippen molar-refractivity contribution in [2.45, 2.75) is 24.9 Å². The highest BCUT2D eigenvalue weighted by atomic mass is 32.2. The molecule has 2 aromatic carbocycles. The molecule has 0 fully saturated rings. The monoisotopic (exact) mass is 373 g/mol. The van der Waals surface area contributed by atoms with Gasteiger partial charge in [0.2, 0.25) is 0 Å². The first kappa shape index (κ1) is 18.9. The van der Waals surface area contributed by atoms with Gasteiger partial charge in [0.25, 0.3) is 5.91 Å². The van der Waals surface area contributed by atoms with E-state index in [0.717, 1.165) is 17.7 Å². The molecular weight excluding hydrogens is 359 g/mol. The third-order valence-corrected chi connectivity index (χ3v) is 4.51. The summed E-state index contributed by atoms with van der Waals surface area (Å²) < 4.78 is 66.9. The van der Waals surface area contributed by atoms with Crippen LogP contribution in [0.3, 0.4) is 0 Å². The zero-order valence-corrected chi connectivity index (χ0v) is 14.0. The van der Waals surface area contributed by atoms with Crippen molar-refractivity contribution in [3.8, 4) is 0 Å². The van der Waals surface area contributed by atoms with Crippen LogP contribution in [-0.4, -0.2) is 14.3 Å². The number of carbonyl (C=O) groups is 1. The Morgan fingerprint density at radius 1 is 1.04 bits per heavy atom. The molecule has 0 atom stereocenters. The van der Waals surface area contributed by atoms with Gasteiger partial charge in [0, 0.05) is 5.56 Å². The van der Waals surface area contributed by atoms with Crippen LogP contribution < -0.4 is 5.48 Å². The number of aryl methyl sites for hydroxylation is 2. The quantitative estimate of drug-likeness (QED) is 0.834. The molecule has 0 heterocycles. The predicted molar refractivity (Wildman–Crippen MR) is 83.1 cm³/mol. The number of halogens is 3. The number of carbonyl (C=O) groups excluding carboxylic acids is 1. The summed E-state index contributed by atoms with van der Waals surface area (Å²) in [7, 11) is -4.28. The molecule has 0 bridgehead atoms. The van der Waals surface area contributed by atoms with Crippen LogP contribution in [0.2, 0.25) is 0 Å². The second-order valence-electron chi connectivity index (χ2n) is 5.31. The molecule has 0 spiro atoms. The highest BCUT2D eigenvalue weighted by Gasteiger charge is 2.33. The number of hydrogen-bond donors (Lipinski definition) is 1. The second-order valence-corrected chi connectivity index (χ2v) is 6.86. The lowest BCUT2D eigenvalue weighted by atomic mass is 10.0. The van der Waals surface area contributed by atoms with Gasteiger partial charge in [-0.3, -0.25) is 4.79 Å². The van der Waals surface area contributed by atoms with Crippen LogP contribution in [0.5, 0.6) is 0 Å². The van der Waals surface area contributed by atoms with Crippen molar-refractivity contribution in [3.63, 3.8) is 0 Å². The summed E-state index contributed by atoms with van der Waals surface area (Å²) in [5, 5.41) is 0. The number of rotatable bonds is 4. The van der Waals surface area contributed by atoms with Crippen LogP contribution in [0.15, 0.2) is 47.4 Å². The number of nitrogens with one attached hydrogen (secondary N) is 1. The molecule has 0 radical (unpaired) electrons. The zero-order valence-electron chi connectivity index (χ0n) is 13.2. The summed E-state index contributed by atoms with van der Waals surface area (Å²) >= 11 is 0. The highest BCUT2D eigenvalue weighted by Crippen LogP contribution is 2.32. The van der Waals surface area contributed by atoms with E-state index in [1.165, 1.54) is 31.2 Å². The molecule has 2 aromatic rings. The molecule has 0 unspecified atom stereocenters. The summed E-state index contributed by atoms with van der Waals surface area (Å²) in [6, 6.07) is 8.52. The van der Waals surface area contributed by atoms with Crippen molar-refractivity contribution < 1.29 is 30.7 Å². The van der Waals surface area contributed by atoms with Crippen LogP contribution in [-0.2, 0) is 20.6 Å². The van der Waals surface area contributed by atoms with Gasteiger partial charge in [-0.25, -0.2) is 5.48 Å². The van der Waals surface area contributed by atoms with E-state index in [4.69, 9.17) is 0 Å². The van der Waals surface area contributed by atoms with Crippen LogP contribution in [0.4, 0.5) is 13.2 Å². The van der Waals surface area contributed by atoms with E-state index in [1.54, 1.807) is 12.4 Å². The van der Waals surface area contributed by atoms with E-state index in [-0.39, 0.29) is 16.0 Å². The number of hydrogen-bond acceptors (Lipinski definition) is 4. The van der Waals surface area contributed by atoms with Crippen LogP contribution in [0, 0.1) is 13.8 Å². The maximum atomic E-state index is 12.9. The Morgan fingerprint density at radius 2 is 1.64 bits per heavy atom. The fourth-order valence-electron chi connectivity index (χ4n) is 1.97. The molecular formula is C16H14F3NO4S. The molecule has 0 saturated carbocycles. The van der Waals surface area contributed by atoms with Crippen molar-refractivity contribution in [2.75, 3.05) is 0 Å². The van der Waals surface area contributed by atoms with Gasteiger partial charge in [0.05, 0.1) is 10.5 Å². The Kier molecular flexibility index (Phi) is 5.19. The maximum absolute atomic E-state index is 12.9. The lowest BCUT2D eigenvalue weighted by Gasteiger charge is -2.12. The second kappa shape index (κ2) is 6.85. The number of benzene rings is 2. The molecule has 25 heavy (non-hydrogen) atoms. The molecule has 9 heteroatoms. The van der Waals surface area contributed by atoms with Crippen molar-refractivity contribution in [3.05, 3.63) is 64.7 Å². The minimum Gasteiger partial charge on any atom is -0.267 e. The van der Waals surface area contributed by atoms with Crippen molar-refractivity contribution in [1.29, 1.82) is 0 Å². The van der Waals surface area contributed by atoms with Gasteiger partial charge in [0.15, 0.2) is 0 Å². The van der Waals surface area contributed by atoms with Gasteiger partial charge in [0.1, 0.15) is 0 Å². The molecule has 5 nitrogen and oxygen atoms in total. The Labute approximate surface area is 142 Å². The number of alkyl halides is 3. The predicted octanol–water partition coefficient (Wildman–Crippen LogP) is 3.37. The standard InChI is InChI=1S/C16H14F3NO4S/c1-10-3-7-13(8-4-10)25(22,23)24-20-15(21)12-6-5-11(2)14(9-12)16(17,18)19/h3-9H,1-2H3,(H,20,21). The van der Waals surface area contributed by atoms with E-state index in [2.05, 4.69) is 4.28 Å². The summed E-state index contributed by atoms with van der Waals surface area (Å²) in [6.45, 7) is 3.01. The highest BCUT2D eigenvalue weighted by molar-refractivity contribution is 7.86. The Bertz CT molecular complexity index is 891. The minimum atomic E-state index is -4.63. The van der Waals surface area contributed by atoms with E-state index < -0.39 is 27.8 Å². The van der Waals surface area contributed by atoms with Gasteiger partial charge >= 0.3 is 16.3 Å². The summed E-state index contributed by atoms with van der Waals surface area (Å²) in [6.07, 6.45) is -4.63. The summed E-state index contributed by atoms with van der Waals surface area (Å²) in [5.74, 6) is -1.11. The van der Waals surface area contributed by atoms with Gasteiger partial charge in [-0.1, -0.05) is 23.8 Å². The molecule has 1 amide bonds. The molecule has 0 aromatic heterocycles. The van der Waals surface area contributed by atoms with Gasteiger partial charge in [-0.2, -0.15) is 21.6 Å². The van der Waals surface area contributed by atoms with Crippen LogP contribution >= 0.6 is 0 Å². The first-order valence-electron chi connectivity index (χ1n) is 6.99. The van der Waals surface area contributed by atoms with Crippen molar-refractivity contribution >= 4 is 16.0 Å². The van der Waals surface area contributed by atoms with E-state index in [1.807, 2.05) is 0 Å². The average Bonchev–Trinajstić information content (AvgIpc) is 2.52. The number of amides is 1. The maximum Gasteiger partial charge on any atom is 0.416 e. The fourth-order valence-corrected chi connectivity index (χ4v) is 2.72. The van der Waals surface area contributed by atoms with Crippen molar-refractivity contribution in [2.24, 2.45) is 0 Å². The molecule has 2 rings (SSSR count). The fraction of sp³-hybridized carbons (Fsp3) is 0.188. The lowest BCUT2D eigenvalue weighted by molar-refractivity contribution is -0.138. The smallest absolute Gasteiger partial charge is 0.267 e. The zero-order chi connectivity index (χ0) is 18.8. The van der Waals surface area contributed by atoms with Crippen LogP contribution in [0.1, 0.15) is 27.0 Å². The summed E-state index contributed by atoms with van der Waals surface area (Å²) in [5.41, 5.74) is 1.06. The Balaban J connectivity index is 2.16. The SMILES string of the molecule is Cc1ccc(S(=O)(=O)ONC(=O)c2ccc(C)c(C(F)(F)F)c2)cc1. The normalized spacial score (nSPS) is 12.0. The van der Waals surface area contributed by atoms with Crippen LogP contribution in [0.25, 0.3) is 0 Å². The van der Waals surface area contributed by atoms with E-state index >= 15 is 0 Å². The molecule has 1 N–H and O–H groups in total. The molecule has 134 valence electrons. The minimum absolute atomic E-state index is 0.0581. The van der Waals surface area contributed by atoms with Gasteiger partial charge < -0.3 is 0 Å². The van der Waals surface area contributed by atoms with E-state index in [0.29, 0.717) is 6.07 Å². The lowest BCUT2D eigenvalue weighted by Crippen LogP contribution is -2.27. The largest absolute Gasteiger partial charge is 0.416 e. The molecule has 0 saturated heterocycles. The first-order chi connectivity index (χ1) is 11.5. The molecule has 0 aliphatic carbocycles. The number of hydroxylamine groups is 1. The average molecular weight is 373 g/mol. The molecule has 0 aliphatic rings. The molecule has 0 aliphatic heterocycles. The Morgan fingerprint density at radius 3 is 2.20 bits per heavy atom. The third-order valence-electron chi connectivity index (χ3n) is 3.36. The van der Waals surface area contributed by atoms with Gasteiger partial charge in [-0.15, -0.1) is 4.28 Å². The van der Waals surface area contributed by atoms with Gasteiger partial charge in [-0.05, 0) is 43.7 Å². The third kappa shape index (κ3) is 4.58. The summed E-state index contributed by atoms with van der Waals surface area (Å²) in [4.78, 5) is 11.7. The van der Waals surface area contributed by atoms with E-state index in [9.17, 15) is 26.4 Å². The topological polar surface area (TPSA) is 72.5 Å². The Hall–Kier alpha value is -2.39. The van der Waals surface area contributed by atoms with Crippen molar-refractivity contribution in [1.82, 2.24) is 5.48 Å².